The molecule has 0 aromatic carbocycles. The summed E-state index contributed by atoms with van der Waals surface area (Å²) >= 11 is 0. The van der Waals surface area contributed by atoms with Crippen LogP contribution in [0, 0.1) is 11.8 Å². The van der Waals surface area contributed by atoms with Gasteiger partial charge in [-0.1, -0.05) is 6.08 Å². The summed E-state index contributed by atoms with van der Waals surface area (Å²) in [6, 6.07) is 0. The highest BCUT2D eigenvalue weighted by Crippen LogP contribution is 2.39. The lowest BCUT2D eigenvalue weighted by atomic mass is 9.83. The fraction of sp³-hybridized carbons (Fsp3) is 0.400. The van der Waals surface area contributed by atoms with Crippen molar-refractivity contribution in [1.82, 2.24) is 10.9 Å². The molecule has 0 bridgehead atoms. The fourth-order valence-electron chi connectivity index (χ4n) is 2.31. The fourth-order valence-corrected chi connectivity index (χ4v) is 2.31. The summed E-state index contributed by atoms with van der Waals surface area (Å²) in [6.45, 7) is 0.975. The Bertz CT molecular complexity index is 341. The molecule has 1 heterocycles. The third kappa shape index (κ3) is 0.937. The number of allylic oxidation sites excluding steroid dienone is 4. The highest BCUT2D eigenvalue weighted by molar-refractivity contribution is 5.43. The van der Waals surface area contributed by atoms with Gasteiger partial charge in [-0.25, -0.2) is 5.43 Å². The van der Waals surface area contributed by atoms with Crippen molar-refractivity contribution in [3.05, 3.63) is 35.3 Å². The van der Waals surface area contributed by atoms with E-state index >= 15 is 0 Å². The number of hydrazine groups is 1. The van der Waals surface area contributed by atoms with Crippen LogP contribution in [0.15, 0.2) is 35.3 Å². The molecule has 0 amide bonds. The standard InChI is InChI=1S/C10H12N2O/c13-10-2-1-6-4-9-7(3-8(6)10)5-11-12-9/h1-2,4,7-8,11-13H,3,5H2. The molecular formula is C10H12N2O. The quantitative estimate of drug-likeness (QED) is 0.516. The molecule has 0 aromatic heterocycles. The number of fused-ring (bicyclic) bond motifs is 2. The summed E-state index contributed by atoms with van der Waals surface area (Å²) in [5.41, 5.74) is 8.78. The van der Waals surface area contributed by atoms with E-state index in [0.717, 1.165) is 13.0 Å². The van der Waals surface area contributed by atoms with Crippen LogP contribution >= 0.6 is 0 Å². The molecule has 2 atom stereocenters. The van der Waals surface area contributed by atoms with Crippen molar-refractivity contribution in [3.8, 4) is 0 Å². The monoisotopic (exact) mass is 176 g/mol. The molecule has 3 N–H and O–H groups in total. The molecule has 3 aliphatic rings. The van der Waals surface area contributed by atoms with Crippen molar-refractivity contribution in [3.63, 3.8) is 0 Å². The van der Waals surface area contributed by atoms with Crippen LogP contribution in [-0.2, 0) is 0 Å². The van der Waals surface area contributed by atoms with Gasteiger partial charge in [-0.3, -0.25) is 0 Å². The molecular weight excluding hydrogens is 164 g/mol. The second-order valence-electron chi connectivity index (χ2n) is 3.85. The van der Waals surface area contributed by atoms with Crippen molar-refractivity contribution in [1.29, 1.82) is 0 Å². The summed E-state index contributed by atoms with van der Waals surface area (Å²) in [4.78, 5) is 0. The molecule has 2 unspecified atom stereocenters. The largest absolute Gasteiger partial charge is 0.512 e. The molecule has 3 rings (SSSR count). The van der Waals surface area contributed by atoms with Gasteiger partial charge in [-0.15, -0.1) is 0 Å². The highest BCUT2D eigenvalue weighted by Gasteiger charge is 2.33. The second kappa shape index (κ2) is 2.39. The lowest BCUT2D eigenvalue weighted by molar-refractivity contribution is 0.329. The number of hydrogen-bond donors (Lipinski definition) is 3. The van der Waals surface area contributed by atoms with E-state index < -0.39 is 0 Å². The zero-order chi connectivity index (χ0) is 8.84. The van der Waals surface area contributed by atoms with Gasteiger partial charge in [0, 0.05) is 24.1 Å². The van der Waals surface area contributed by atoms with Crippen LogP contribution in [0.4, 0.5) is 0 Å². The average molecular weight is 176 g/mol. The maximum absolute atomic E-state index is 9.58. The topological polar surface area (TPSA) is 44.3 Å². The molecule has 1 fully saturated rings. The summed E-state index contributed by atoms with van der Waals surface area (Å²) in [6.07, 6.45) is 6.99. The van der Waals surface area contributed by atoms with Gasteiger partial charge >= 0.3 is 0 Å². The first kappa shape index (κ1) is 7.21. The molecule has 1 aliphatic heterocycles. The van der Waals surface area contributed by atoms with Crippen LogP contribution in [0.1, 0.15) is 6.42 Å². The Hall–Kier alpha value is -1.22. The minimum atomic E-state index is 0.260. The van der Waals surface area contributed by atoms with Crippen molar-refractivity contribution < 1.29 is 5.11 Å². The molecule has 68 valence electrons. The van der Waals surface area contributed by atoms with Crippen molar-refractivity contribution in [2.75, 3.05) is 6.54 Å². The summed E-state index contributed by atoms with van der Waals surface area (Å²) in [5, 5.41) is 9.58. The van der Waals surface area contributed by atoms with Crippen LogP contribution in [-0.4, -0.2) is 11.7 Å². The van der Waals surface area contributed by atoms with E-state index in [1.807, 2.05) is 12.2 Å². The minimum Gasteiger partial charge on any atom is -0.512 e. The Morgan fingerprint density at radius 1 is 1.38 bits per heavy atom. The van der Waals surface area contributed by atoms with E-state index in [9.17, 15) is 5.11 Å². The maximum Gasteiger partial charge on any atom is 0.0997 e. The Morgan fingerprint density at radius 3 is 3.23 bits per heavy atom. The Labute approximate surface area is 76.8 Å². The number of aliphatic hydroxyl groups excluding tert-OH is 1. The minimum absolute atomic E-state index is 0.260. The highest BCUT2D eigenvalue weighted by atomic mass is 16.3. The number of hydrogen-bond acceptors (Lipinski definition) is 3. The summed E-state index contributed by atoms with van der Waals surface area (Å²) in [7, 11) is 0. The van der Waals surface area contributed by atoms with E-state index in [1.165, 1.54) is 11.3 Å². The Balaban J connectivity index is 1.98. The molecule has 3 heteroatoms. The van der Waals surface area contributed by atoms with Crippen molar-refractivity contribution >= 4 is 0 Å². The molecule has 13 heavy (non-hydrogen) atoms. The summed E-state index contributed by atoms with van der Waals surface area (Å²) in [5.74, 6) is 1.34. The lowest BCUT2D eigenvalue weighted by Crippen LogP contribution is -2.21. The van der Waals surface area contributed by atoms with Gasteiger partial charge < -0.3 is 10.5 Å². The molecule has 3 nitrogen and oxygen atoms in total. The Morgan fingerprint density at radius 2 is 2.31 bits per heavy atom. The number of aliphatic hydroxyl groups is 1. The van der Waals surface area contributed by atoms with Crippen LogP contribution in [0.5, 0.6) is 0 Å². The zero-order valence-electron chi connectivity index (χ0n) is 7.25. The normalized spacial score (nSPS) is 35.5. The van der Waals surface area contributed by atoms with Gasteiger partial charge in [-0.05, 0) is 24.1 Å². The van der Waals surface area contributed by atoms with Crippen molar-refractivity contribution in [2.45, 2.75) is 6.42 Å². The van der Waals surface area contributed by atoms with Gasteiger partial charge in [0.1, 0.15) is 0 Å². The van der Waals surface area contributed by atoms with Gasteiger partial charge in [0.2, 0.25) is 0 Å². The third-order valence-corrected chi connectivity index (χ3v) is 3.07. The third-order valence-electron chi connectivity index (χ3n) is 3.07. The van der Waals surface area contributed by atoms with Gasteiger partial charge in [-0.2, -0.15) is 0 Å². The zero-order valence-corrected chi connectivity index (χ0v) is 7.25. The Kier molecular flexibility index (Phi) is 1.32. The lowest BCUT2D eigenvalue weighted by Gasteiger charge is -2.23. The van der Waals surface area contributed by atoms with Crippen LogP contribution < -0.4 is 10.9 Å². The number of rotatable bonds is 0. The molecule has 2 aliphatic carbocycles. The molecule has 0 spiro atoms. The van der Waals surface area contributed by atoms with E-state index in [0.29, 0.717) is 11.7 Å². The van der Waals surface area contributed by atoms with E-state index in [4.69, 9.17) is 0 Å². The predicted octanol–water partition coefficient (Wildman–Crippen LogP) is 0.996. The first-order valence-electron chi connectivity index (χ1n) is 4.66. The predicted molar refractivity (Wildman–Crippen MR) is 49.6 cm³/mol. The molecule has 1 saturated heterocycles. The van der Waals surface area contributed by atoms with Crippen molar-refractivity contribution in [2.24, 2.45) is 11.8 Å². The summed E-state index contributed by atoms with van der Waals surface area (Å²) < 4.78 is 0. The van der Waals surface area contributed by atoms with Crippen LogP contribution in [0.2, 0.25) is 0 Å². The van der Waals surface area contributed by atoms with Gasteiger partial charge in [0.05, 0.1) is 5.76 Å². The number of nitrogens with one attached hydrogen (secondary N) is 2. The molecule has 0 saturated carbocycles. The van der Waals surface area contributed by atoms with Crippen LogP contribution in [0.3, 0.4) is 0 Å². The van der Waals surface area contributed by atoms with E-state index in [-0.39, 0.29) is 5.92 Å². The maximum atomic E-state index is 9.58. The SMILES string of the molecule is OC1=CC=C2C=C3NNCC3CC12. The van der Waals surface area contributed by atoms with E-state index in [1.54, 1.807) is 0 Å². The van der Waals surface area contributed by atoms with Crippen LogP contribution in [0.25, 0.3) is 0 Å². The molecule has 0 radical (unpaired) electrons. The first-order valence-corrected chi connectivity index (χ1v) is 4.66. The first-order chi connectivity index (χ1) is 6.34. The smallest absolute Gasteiger partial charge is 0.0997 e. The average Bonchev–Trinajstić information content (AvgIpc) is 2.70. The van der Waals surface area contributed by atoms with E-state index in [2.05, 4.69) is 16.9 Å². The van der Waals surface area contributed by atoms with Gasteiger partial charge in [0.15, 0.2) is 0 Å². The molecule has 0 aromatic rings. The van der Waals surface area contributed by atoms with Gasteiger partial charge in [0.25, 0.3) is 0 Å². The second-order valence-corrected chi connectivity index (χ2v) is 3.85.